The van der Waals surface area contributed by atoms with Crippen molar-refractivity contribution < 1.29 is 14.8 Å². The van der Waals surface area contributed by atoms with Gasteiger partial charge in [0.25, 0.3) is 0 Å². The Bertz CT molecular complexity index is 719. The van der Waals surface area contributed by atoms with Crippen LogP contribution >= 0.6 is 39.0 Å². The number of carbonyl (C=O) groups is 1. The molecule has 0 amide bonds. The van der Waals surface area contributed by atoms with Gasteiger partial charge in [-0.2, -0.15) is 0 Å². The van der Waals surface area contributed by atoms with Crippen LogP contribution in [0.4, 0.5) is 5.69 Å². The maximum atomic E-state index is 11.0. The second-order valence-corrected chi connectivity index (χ2v) is 7.08. The minimum Gasteiger partial charge on any atom is -0.481 e. The first-order valence-corrected chi connectivity index (χ1v) is 7.95. The monoisotopic (exact) mass is 389 g/mol. The van der Waals surface area contributed by atoms with Crippen molar-refractivity contribution in [2.75, 3.05) is 0 Å². The second-order valence-electron chi connectivity index (χ2n) is 3.89. The molecule has 0 aliphatic carbocycles. The van der Waals surface area contributed by atoms with E-state index in [0.717, 1.165) is 11.8 Å². The Balaban J connectivity index is 2.35. The Kier molecular flexibility index (Phi) is 4.91. The highest BCUT2D eigenvalue weighted by Crippen LogP contribution is 2.41. The molecule has 1 N–H and O–H groups in total. The van der Waals surface area contributed by atoms with E-state index in [9.17, 15) is 14.9 Å². The van der Waals surface area contributed by atoms with E-state index in [1.807, 2.05) is 0 Å². The predicted molar refractivity (Wildman–Crippen MR) is 80.9 cm³/mol. The Labute approximate surface area is 135 Å². The number of aromatic nitrogens is 2. The van der Waals surface area contributed by atoms with E-state index >= 15 is 0 Å². The van der Waals surface area contributed by atoms with Crippen LogP contribution in [0, 0.1) is 17.0 Å². The summed E-state index contributed by atoms with van der Waals surface area (Å²) in [6.07, 6.45) is 2.53. The zero-order valence-electron chi connectivity index (χ0n) is 10.6. The van der Waals surface area contributed by atoms with Gasteiger partial charge in [0.1, 0.15) is 11.1 Å². The third kappa shape index (κ3) is 3.77. The highest BCUT2D eigenvalue weighted by Gasteiger charge is 2.21. The fourth-order valence-electron chi connectivity index (χ4n) is 1.48. The summed E-state index contributed by atoms with van der Waals surface area (Å²) in [7, 11) is 0. The first-order valence-electron chi connectivity index (χ1n) is 5.52. The van der Waals surface area contributed by atoms with Crippen molar-refractivity contribution in [3.63, 3.8) is 0 Å². The van der Waals surface area contributed by atoms with E-state index in [1.54, 1.807) is 6.92 Å². The molecule has 0 saturated heterocycles. The van der Waals surface area contributed by atoms with Gasteiger partial charge in [-0.25, -0.2) is 4.98 Å². The topological polar surface area (TPSA) is 106 Å². The van der Waals surface area contributed by atoms with E-state index in [-0.39, 0.29) is 12.1 Å². The van der Waals surface area contributed by atoms with Gasteiger partial charge in [-0.3, -0.25) is 19.9 Å². The van der Waals surface area contributed by atoms with Crippen molar-refractivity contribution in [1.29, 1.82) is 0 Å². The normalized spacial score (nSPS) is 10.6. The number of halogens is 1. The number of hydrogen-bond acceptors (Lipinski definition) is 7. The van der Waals surface area contributed by atoms with Crippen molar-refractivity contribution in [3.05, 3.63) is 37.6 Å². The molecule has 0 spiro atoms. The first kappa shape index (κ1) is 15.9. The summed E-state index contributed by atoms with van der Waals surface area (Å²) in [5, 5.41) is 19.8. The molecule has 2 aromatic heterocycles. The van der Waals surface area contributed by atoms with Crippen molar-refractivity contribution >= 4 is 50.7 Å². The summed E-state index contributed by atoms with van der Waals surface area (Å²) in [5.74, 6) is -0.936. The standard InChI is InChI=1S/C11H8BrN3O4S2/c1-5-8(2-9(16)17)20-11(14-5)21-10-6(12)3-13-4-7(10)15(18)19/h3-4H,2H2,1H3,(H,16,17). The zero-order chi connectivity index (χ0) is 15.6. The van der Waals surface area contributed by atoms with Crippen LogP contribution in [0.25, 0.3) is 0 Å². The SMILES string of the molecule is Cc1nc(Sc2c(Br)cncc2[N+](=O)[O-])sc1CC(=O)O. The van der Waals surface area contributed by atoms with Crippen LogP contribution in [0.1, 0.15) is 10.6 Å². The molecule has 0 bridgehead atoms. The average molecular weight is 390 g/mol. The van der Waals surface area contributed by atoms with Gasteiger partial charge < -0.3 is 5.11 Å². The maximum absolute atomic E-state index is 11.0. The predicted octanol–water partition coefficient (Wildman–Crippen LogP) is 3.30. The quantitative estimate of drug-likeness (QED) is 0.617. The van der Waals surface area contributed by atoms with Gasteiger partial charge in [0, 0.05) is 11.1 Å². The van der Waals surface area contributed by atoms with Gasteiger partial charge in [0.2, 0.25) is 0 Å². The number of pyridine rings is 1. The summed E-state index contributed by atoms with van der Waals surface area (Å²) in [6, 6.07) is 0. The van der Waals surface area contributed by atoms with E-state index < -0.39 is 10.9 Å². The van der Waals surface area contributed by atoms with Crippen LogP contribution in [0.5, 0.6) is 0 Å². The molecule has 2 heterocycles. The number of carboxylic acid groups (broad SMARTS) is 1. The van der Waals surface area contributed by atoms with Crippen molar-refractivity contribution in [3.8, 4) is 0 Å². The number of nitrogens with zero attached hydrogens (tertiary/aromatic N) is 3. The maximum Gasteiger partial charge on any atom is 0.308 e. The number of nitro groups is 1. The Hall–Kier alpha value is -1.52. The van der Waals surface area contributed by atoms with Gasteiger partial charge in [-0.15, -0.1) is 11.3 Å². The van der Waals surface area contributed by atoms with E-state index in [0.29, 0.717) is 24.3 Å². The van der Waals surface area contributed by atoms with Crippen LogP contribution in [-0.2, 0) is 11.2 Å². The van der Waals surface area contributed by atoms with E-state index in [4.69, 9.17) is 5.11 Å². The molecule has 110 valence electrons. The van der Waals surface area contributed by atoms with Gasteiger partial charge in [-0.1, -0.05) is 11.8 Å². The van der Waals surface area contributed by atoms with Crippen molar-refractivity contribution in [2.24, 2.45) is 0 Å². The van der Waals surface area contributed by atoms with Crippen LogP contribution in [0.2, 0.25) is 0 Å². The lowest BCUT2D eigenvalue weighted by Crippen LogP contribution is -1.99. The molecule has 2 rings (SSSR count). The Morgan fingerprint density at radius 1 is 1.57 bits per heavy atom. The summed E-state index contributed by atoms with van der Waals surface area (Å²) in [5.41, 5.74) is 0.500. The molecule has 0 atom stereocenters. The number of thiazole rings is 1. The summed E-state index contributed by atoms with van der Waals surface area (Å²) in [4.78, 5) is 30.3. The molecule has 0 fully saturated rings. The number of aryl methyl sites for hydroxylation is 1. The zero-order valence-corrected chi connectivity index (χ0v) is 13.8. The molecular weight excluding hydrogens is 382 g/mol. The van der Waals surface area contributed by atoms with Crippen LogP contribution in [0.3, 0.4) is 0 Å². The Morgan fingerprint density at radius 3 is 2.90 bits per heavy atom. The summed E-state index contributed by atoms with van der Waals surface area (Å²) < 4.78 is 1.05. The minimum atomic E-state index is -0.936. The molecular formula is C11H8BrN3O4S2. The summed E-state index contributed by atoms with van der Waals surface area (Å²) >= 11 is 5.57. The molecule has 2 aromatic rings. The minimum absolute atomic E-state index is 0.107. The van der Waals surface area contributed by atoms with E-state index in [2.05, 4.69) is 25.9 Å². The highest BCUT2D eigenvalue weighted by atomic mass is 79.9. The van der Waals surface area contributed by atoms with Gasteiger partial charge >= 0.3 is 11.7 Å². The lowest BCUT2D eigenvalue weighted by Gasteiger charge is -2.01. The Morgan fingerprint density at radius 2 is 2.29 bits per heavy atom. The van der Waals surface area contributed by atoms with Gasteiger partial charge in [-0.05, 0) is 22.9 Å². The first-order chi connectivity index (χ1) is 9.88. The molecule has 0 saturated carbocycles. The summed E-state index contributed by atoms with van der Waals surface area (Å²) in [6.45, 7) is 1.72. The molecule has 21 heavy (non-hydrogen) atoms. The van der Waals surface area contributed by atoms with Crippen LogP contribution in [-0.4, -0.2) is 26.0 Å². The molecule has 0 radical (unpaired) electrons. The highest BCUT2D eigenvalue weighted by molar-refractivity contribution is 9.10. The lowest BCUT2D eigenvalue weighted by atomic mass is 10.3. The third-order valence-electron chi connectivity index (χ3n) is 2.41. The van der Waals surface area contributed by atoms with Crippen LogP contribution < -0.4 is 0 Å². The number of rotatable bonds is 5. The fraction of sp³-hybridized carbons (Fsp3) is 0.182. The van der Waals surface area contributed by atoms with Crippen molar-refractivity contribution in [1.82, 2.24) is 9.97 Å². The molecule has 0 aromatic carbocycles. The number of aliphatic carboxylic acids is 1. The number of hydrogen-bond donors (Lipinski definition) is 1. The smallest absolute Gasteiger partial charge is 0.308 e. The van der Waals surface area contributed by atoms with Crippen LogP contribution in [0.15, 0.2) is 26.1 Å². The van der Waals surface area contributed by atoms with Gasteiger partial charge in [0.15, 0.2) is 4.34 Å². The second kappa shape index (κ2) is 6.50. The van der Waals surface area contributed by atoms with Gasteiger partial charge in [0.05, 0.1) is 21.5 Å². The third-order valence-corrected chi connectivity index (χ3v) is 5.62. The lowest BCUT2D eigenvalue weighted by molar-refractivity contribution is -0.388. The molecule has 0 aliphatic rings. The van der Waals surface area contributed by atoms with Crippen molar-refractivity contribution in [2.45, 2.75) is 22.6 Å². The molecule has 0 aliphatic heterocycles. The number of carboxylic acids is 1. The average Bonchev–Trinajstić information content (AvgIpc) is 2.71. The molecule has 7 nitrogen and oxygen atoms in total. The molecule has 10 heteroatoms. The molecule has 0 unspecified atom stereocenters. The largest absolute Gasteiger partial charge is 0.481 e. The van der Waals surface area contributed by atoms with E-state index in [1.165, 1.54) is 23.7 Å². The fourth-order valence-corrected chi connectivity index (χ4v) is 4.28.